The fourth-order valence-electron chi connectivity index (χ4n) is 4.88. The van der Waals surface area contributed by atoms with Crippen LogP contribution in [0.15, 0.2) is 34.9 Å². The summed E-state index contributed by atoms with van der Waals surface area (Å²) in [5.74, 6) is 0. The van der Waals surface area contributed by atoms with Crippen molar-refractivity contribution in [1.29, 1.82) is 0 Å². The van der Waals surface area contributed by atoms with Gasteiger partial charge in [0.1, 0.15) is 5.58 Å². The summed E-state index contributed by atoms with van der Waals surface area (Å²) in [6, 6.07) is 8.68. The van der Waals surface area contributed by atoms with Crippen LogP contribution in [0.2, 0.25) is 19.6 Å². The van der Waals surface area contributed by atoms with Gasteiger partial charge in [-0.1, -0.05) is 19.6 Å². The van der Waals surface area contributed by atoms with Gasteiger partial charge in [0.15, 0.2) is 5.58 Å². The van der Waals surface area contributed by atoms with Crippen LogP contribution in [0.25, 0.3) is 33.2 Å². The Kier molecular flexibility index (Phi) is 4.18. The molecule has 1 aliphatic rings. The molecule has 4 aromatic rings. The van der Waals surface area contributed by atoms with Crippen LogP contribution < -0.4 is 5.19 Å². The lowest BCUT2D eigenvalue weighted by atomic mass is 9.88. The first kappa shape index (κ1) is 18.6. The Morgan fingerprint density at radius 2 is 1.69 bits per heavy atom. The Morgan fingerprint density at radius 3 is 2.45 bits per heavy atom. The first-order valence-corrected chi connectivity index (χ1v) is 14.1. The number of furan rings is 1. The molecule has 0 radical (unpaired) electrons. The molecule has 29 heavy (non-hydrogen) atoms. The zero-order chi connectivity index (χ0) is 20.3. The quantitative estimate of drug-likeness (QED) is 0.383. The number of nitrogens with zero attached hydrogens (tertiary/aromatic N) is 2. The zero-order valence-corrected chi connectivity index (χ0v) is 19.0. The SMILES string of the molecule is Cc1cc2c(oc3ccc(-c4ncc([Si](C)(C)C)c5c4CCCC5)cc32)c(C)n1. The summed E-state index contributed by atoms with van der Waals surface area (Å²) in [7, 11) is -1.40. The van der Waals surface area contributed by atoms with Crippen LogP contribution in [-0.4, -0.2) is 18.0 Å². The summed E-state index contributed by atoms with van der Waals surface area (Å²) >= 11 is 0. The van der Waals surface area contributed by atoms with Crippen molar-refractivity contribution in [3.05, 3.63) is 53.0 Å². The predicted molar refractivity (Wildman–Crippen MR) is 124 cm³/mol. The summed E-state index contributed by atoms with van der Waals surface area (Å²) in [4.78, 5) is 9.59. The Hall–Kier alpha value is -2.46. The fourth-order valence-corrected chi connectivity index (χ4v) is 6.51. The topological polar surface area (TPSA) is 38.9 Å². The van der Waals surface area contributed by atoms with Gasteiger partial charge in [0, 0.05) is 28.2 Å². The van der Waals surface area contributed by atoms with Crippen molar-refractivity contribution in [2.24, 2.45) is 0 Å². The highest BCUT2D eigenvalue weighted by Crippen LogP contribution is 2.36. The highest BCUT2D eigenvalue weighted by Gasteiger charge is 2.26. The molecule has 3 heterocycles. The summed E-state index contributed by atoms with van der Waals surface area (Å²) in [6.07, 6.45) is 7.08. The highest BCUT2D eigenvalue weighted by atomic mass is 28.3. The van der Waals surface area contributed by atoms with Gasteiger partial charge in [-0.15, -0.1) is 0 Å². The molecule has 5 rings (SSSR count). The summed E-state index contributed by atoms with van der Waals surface area (Å²) in [6.45, 7) is 11.4. The third kappa shape index (κ3) is 3.01. The molecule has 1 aliphatic carbocycles. The van der Waals surface area contributed by atoms with Crippen LogP contribution in [0.1, 0.15) is 35.4 Å². The van der Waals surface area contributed by atoms with E-state index in [0.29, 0.717) is 0 Å². The van der Waals surface area contributed by atoms with E-state index in [2.05, 4.69) is 55.1 Å². The smallest absolute Gasteiger partial charge is 0.156 e. The number of hydrogen-bond donors (Lipinski definition) is 0. The van der Waals surface area contributed by atoms with E-state index in [9.17, 15) is 0 Å². The van der Waals surface area contributed by atoms with Crippen molar-refractivity contribution in [2.75, 3.05) is 0 Å². The van der Waals surface area contributed by atoms with E-state index < -0.39 is 8.07 Å². The van der Waals surface area contributed by atoms with Crippen LogP contribution in [-0.2, 0) is 12.8 Å². The van der Waals surface area contributed by atoms with Gasteiger partial charge in [-0.25, -0.2) is 0 Å². The van der Waals surface area contributed by atoms with E-state index in [0.717, 1.165) is 39.7 Å². The molecule has 3 nitrogen and oxygen atoms in total. The number of aromatic nitrogens is 2. The molecule has 0 spiro atoms. The Balaban J connectivity index is 1.75. The van der Waals surface area contributed by atoms with Crippen LogP contribution in [0.5, 0.6) is 0 Å². The van der Waals surface area contributed by atoms with Crippen molar-refractivity contribution in [1.82, 2.24) is 9.97 Å². The van der Waals surface area contributed by atoms with Crippen molar-refractivity contribution in [3.8, 4) is 11.3 Å². The Morgan fingerprint density at radius 1 is 0.931 bits per heavy atom. The average molecular weight is 401 g/mol. The van der Waals surface area contributed by atoms with E-state index in [4.69, 9.17) is 9.40 Å². The molecule has 0 amide bonds. The van der Waals surface area contributed by atoms with Gasteiger partial charge in [-0.3, -0.25) is 9.97 Å². The van der Waals surface area contributed by atoms with E-state index in [1.54, 1.807) is 10.8 Å². The zero-order valence-electron chi connectivity index (χ0n) is 18.0. The Labute approximate surface area is 173 Å². The number of rotatable bonds is 2. The molecule has 148 valence electrons. The molecule has 0 unspecified atom stereocenters. The van der Waals surface area contributed by atoms with Crippen LogP contribution in [0.4, 0.5) is 0 Å². The van der Waals surface area contributed by atoms with Gasteiger partial charge in [0.05, 0.1) is 19.5 Å². The molecule has 4 heteroatoms. The van der Waals surface area contributed by atoms with E-state index in [-0.39, 0.29) is 0 Å². The summed E-state index contributed by atoms with van der Waals surface area (Å²) in [5.41, 5.74) is 9.24. The minimum atomic E-state index is -1.40. The van der Waals surface area contributed by atoms with Gasteiger partial charge >= 0.3 is 0 Å². The average Bonchev–Trinajstić information content (AvgIpc) is 3.04. The van der Waals surface area contributed by atoms with Crippen molar-refractivity contribution < 1.29 is 4.42 Å². The molecule has 1 aromatic carbocycles. The molecule has 0 atom stereocenters. The van der Waals surface area contributed by atoms with Crippen molar-refractivity contribution in [2.45, 2.75) is 59.2 Å². The highest BCUT2D eigenvalue weighted by molar-refractivity contribution is 6.89. The van der Waals surface area contributed by atoms with Crippen molar-refractivity contribution in [3.63, 3.8) is 0 Å². The molecule has 3 aromatic heterocycles. The number of aryl methyl sites for hydroxylation is 2. The monoisotopic (exact) mass is 400 g/mol. The second-order valence-electron chi connectivity index (χ2n) is 9.47. The lowest BCUT2D eigenvalue weighted by Crippen LogP contribution is -2.42. The van der Waals surface area contributed by atoms with Crippen LogP contribution in [0, 0.1) is 13.8 Å². The lowest BCUT2D eigenvalue weighted by molar-refractivity contribution is 0.662. The number of hydrogen-bond acceptors (Lipinski definition) is 3. The van der Waals surface area contributed by atoms with Gasteiger partial charge in [0.25, 0.3) is 0 Å². The first-order valence-electron chi connectivity index (χ1n) is 10.6. The maximum Gasteiger partial charge on any atom is 0.156 e. The second-order valence-corrected chi connectivity index (χ2v) is 14.5. The first-order chi connectivity index (χ1) is 13.8. The molecule has 0 aliphatic heterocycles. The van der Waals surface area contributed by atoms with Gasteiger partial charge in [-0.2, -0.15) is 0 Å². The lowest BCUT2D eigenvalue weighted by Gasteiger charge is -2.27. The summed E-state index contributed by atoms with van der Waals surface area (Å²) < 4.78 is 6.13. The molecule has 0 saturated carbocycles. The Bertz CT molecular complexity index is 1260. The minimum Gasteiger partial charge on any atom is -0.454 e. The van der Waals surface area contributed by atoms with E-state index in [1.807, 2.05) is 13.8 Å². The van der Waals surface area contributed by atoms with E-state index in [1.165, 1.54) is 36.1 Å². The van der Waals surface area contributed by atoms with Gasteiger partial charge in [-0.05, 0) is 80.1 Å². The second kappa shape index (κ2) is 6.53. The molecular weight excluding hydrogens is 372 g/mol. The van der Waals surface area contributed by atoms with Crippen LogP contribution >= 0.6 is 0 Å². The third-order valence-corrected chi connectivity index (χ3v) is 8.28. The normalized spacial score (nSPS) is 14.5. The van der Waals surface area contributed by atoms with E-state index >= 15 is 0 Å². The predicted octanol–water partition coefficient (Wildman–Crippen LogP) is 6.08. The minimum absolute atomic E-state index is 0.895. The van der Waals surface area contributed by atoms with Gasteiger partial charge < -0.3 is 4.42 Å². The standard InChI is InChI=1S/C25H28N2OSi/c1-15-12-21-20-13-17(10-11-22(20)28-25(21)16(2)27-15)24-19-9-7-6-8-18(19)23(14-26-24)29(3,4)5/h10-14H,6-9H2,1-5H3. The number of fused-ring (bicyclic) bond motifs is 4. The van der Waals surface area contributed by atoms with Crippen molar-refractivity contribution >= 4 is 35.2 Å². The maximum atomic E-state index is 6.13. The molecule has 0 fully saturated rings. The molecule has 0 N–H and O–H groups in total. The van der Waals surface area contributed by atoms with Crippen LogP contribution in [0.3, 0.4) is 0 Å². The maximum absolute atomic E-state index is 6.13. The number of pyridine rings is 2. The molecule has 0 bridgehead atoms. The summed E-state index contributed by atoms with van der Waals surface area (Å²) in [5, 5.41) is 3.86. The molecule has 0 saturated heterocycles. The van der Waals surface area contributed by atoms with Gasteiger partial charge in [0.2, 0.25) is 0 Å². The number of benzene rings is 1. The fraction of sp³-hybridized carbons (Fsp3) is 0.360. The molecular formula is C25H28N2OSi. The largest absolute Gasteiger partial charge is 0.454 e. The third-order valence-electron chi connectivity index (χ3n) is 6.24.